The summed E-state index contributed by atoms with van der Waals surface area (Å²) in [5.74, 6) is -0.275. The third-order valence-corrected chi connectivity index (χ3v) is 4.35. The number of rotatable bonds is 5. The van der Waals surface area contributed by atoms with Crippen LogP contribution in [0.2, 0.25) is 0 Å². The molecule has 102 valence electrons. The van der Waals surface area contributed by atoms with Gasteiger partial charge in [0.1, 0.15) is 10.8 Å². The fraction of sp³-hybridized carbons (Fsp3) is 0.308. The highest BCUT2D eigenvalue weighted by atomic mass is 79.9. The maximum atomic E-state index is 13.9. The van der Waals surface area contributed by atoms with Crippen molar-refractivity contribution in [3.8, 4) is 10.6 Å². The standard InChI is InChI=1S/C13H14BrFN2OS/c1-16-6-11-10(7-18-2)17-13(19-11)12-8(14)4-3-5-9(12)15/h3-5,16H,6-7H2,1-2H3. The summed E-state index contributed by atoms with van der Waals surface area (Å²) in [5, 5.41) is 3.75. The SMILES string of the molecule is CNCc1sc(-c2c(F)cccc2Br)nc1COC. The topological polar surface area (TPSA) is 34.2 Å². The number of nitrogens with one attached hydrogen (secondary N) is 1. The number of thiazole rings is 1. The smallest absolute Gasteiger partial charge is 0.134 e. The Balaban J connectivity index is 2.48. The first-order valence-electron chi connectivity index (χ1n) is 5.74. The van der Waals surface area contributed by atoms with Gasteiger partial charge in [0.25, 0.3) is 0 Å². The monoisotopic (exact) mass is 344 g/mol. The molecule has 1 heterocycles. The molecule has 2 rings (SSSR count). The normalized spacial score (nSPS) is 10.9. The van der Waals surface area contributed by atoms with Gasteiger partial charge in [0.2, 0.25) is 0 Å². The Kier molecular flexibility index (Phi) is 5.04. The van der Waals surface area contributed by atoms with Crippen molar-refractivity contribution in [2.24, 2.45) is 0 Å². The van der Waals surface area contributed by atoms with E-state index in [1.165, 1.54) is 17.4 Å². The molecule has 6 heteroatoms. The van der Waals surface area contributed by atoms with Crippen LogP contribution in [0.4, 0.5) is 4.39 Å². The van der Waals surface area contributed by atoms with E-state index >= 15 is 0 Å². The van der Waals surface area contributed by atoms with Gasteiger partial charge in [0.05, 0.1) is 17.9 Å². The first-order valence-corrected chi connectivity index (χ1v) is 7.34. The predicted octanol–water partition coefficient (Wildman–Crippen LogP) is 3.58. The molecule has 2 aromatic rings. The molecule has 0 atom stereocenters. The maximum Gasteiger partial charge on any atom is 0.134 e. The lowest BCUT2D eigenvalue weighted by Crippen LogP contribution is -2.06. The molecule has 1 N–H and O–H groups in total. The largest absolute Gasteiger partial charge is 0.378 e. The fourth-order valence-electron chi connectivity index (χ4n) is 1.74. The third kappa shape index (κ3) is 3.20. The van der Waals surface area contributed by atoms with Crippen LogP contribution in [0.5, 0.6) is 0 Å². The van der Waals surface area contributed by atoms with Gasteiger partial charge in [-0.2, -0.15) is 0 Å². The number of methoxy groups -OCH3 is 1. The van der Waals surface area contributed by atoms with Crippen molar-refractivity contribution in [2.45, 2.75) is 13.2 Å². The van der Waals surface area contributed by atoms with Crippen LogP contribution in [0.25, 0.3) is 10.6 Å². The molecule has 0 aliphatic heterocycles. The molecule has 0 fully saturated rings. The Morgan fingerprint density at radius 2 is 2.26 bits per heavy atom. The molecule has 3 nitrogen and oxygen atoms in total. The van der Waals surface area contributed by atoms with E-state index < -0.39 is 0 Å². The summed E-state index contributed by atoms with van der Waals surface area (Å²) in [7, 11) is 3.50. The molecule has 1 aromatic heterocycles. The van der Waals surface area contributed by atoms with Crippen LogP contribution in [0.1, 0.15) is 10.6 Å². The van der Waals surface area contributed by atoms with Crippen LogP contribution in [-0.4, -0.2) is 19.1 Å². The van der Waals surface area contributed by atoms with Gasteiger partial charge < -0.3 is 10.1 Å². The van der Waals surface area contributed by atoms with Crippen LogP contribution in [0.15, 0.2) is 22.7 Å². The predicted molar refractivity (Wildman–Crippen MR) is 78.7 cm³/mol. The van der Waals surface area contributed by atoms with Crippen molar-refractivity contribution in [2.75, 3.05) is 14.2 Å². The number of aromatic nitrogens is 1. The first-order chi connectivity index (χ1) is 9.17. The van der Waals surface area contributed by atoms with E-state index in [9.17, 15) is 4.39 Å². The van der Waals surface area contributed by atoms with Gasteiger partial charge in [-0.15, -0.1) is 11.3 Å². The molecular weight excluding hydrogens is 331 g/mol. The Labute approximate surface area is 124 Å². The first kappa shape index (κ1) is 14.6. The summed E-state index contributed by atoms with van der Waals surface area (Å²) in [4.78, 5) is 5.56. The minimum absolute atomic E-state index is 0.275. The van der Waals surface area contributed by atoms with E-state index in [2.05, 4.69) is 26.2 Å². The summed E-state index contributed by atoms with van der Waals surface area (Å²) in [6.07, 6.45) is 0. The number of hydrogen-bond acceptors (Lipinski definition) is 4. The highest BCUT2D eigenvalue weighted by Gasteiger charge is 2.17. The number of benzene rings is 1. The molecule has 0 radical (unpaired) electrons. The van der Waals surface area contributed by atoms with Crippen LogP contribution in [0, 0.1) is 5.82 Å². The fourth-order valence-corrected chi connectivity index (χ4v) is 3.54. The summed E-state index contributed by atoms with van der Waals surface area (Å²) in [6, 6.07) is 4.92. The molecule has 0 amide bonds. The van der Waals surface area contributed by atoms with Crippen molar-refractivity contribution in [3.05, 3.63) is 39.1 Å². The molecule has 0 bridgehead atoms. The lowest BCUT2D eigenvalue weighted by atomic mass is 10.2. The van der Waals surface area contributed by atoms with Crippen LogP contribution >= 0.6 is 27.3 Å². The molecule has 0 spiro atoms. The second kappa shape index (κ2) is 6.56. The molecule has 0 saturated heterocycles. The van der Waals surface area contributed by atoms with Gasteiger partial charge in [-0.25, -0.2) is 9.37 Å². The quantitative estimate of drug-likeness (QED) is 0.900. The molecule has 0 aliphatic carbocycles. The molecule has 0 unspecified atom stereocenters. The van der Waals surface area contributed by atoms with Crippen LogP contribution in [-0.2, 0) is 17.9 Å². The van der Waals surface area contributed by atoms with Crippen molar-refractivity contribution >= 4 is 27.3 Å². The highest BCUT2D eigenvalue weighted by molar-refractivity contribution is 9.10. The molecule has 1 aromatic carbocycles. The van der Waals surface area contributed by atoms with E-state index in [0.717, 1.165) is 10.6 Å². The van der Waals surface area contributed by atoms with Crippen molar-refractivity contribution < 1.29 is 9.13 Å². The van der Waals surface area contributed by atoms with Gasteiger partial charge >= 0.3 is 0 Å². The number of halogens is 2. The number of nitrogens with zero attached hydrogens (tertiary/aromatic N) is 1. The van der Waals surface area contributed by atoms with Gasteiger partial charge in [0.15, 0.2) is 0 Å². The summed E-state index contributed by atoms with van der Waals surface area (Å²) >= 11 is 4.86. The van der Waals surface area contributed by atoms with E-state index in [-0.39, 0.29) is 5.82 Å². The van der Waals surface area contributed by atoms with Crippen molar-refractivity contribution in [1.82, 2.24) is 10.3 Å². The second-order valence-electron chi connectivity index (χ2n) is 3.95. The molecule has 19 heavy (non-hydrogen) atoms. The third-order valence-electron chi connectivity index (χ3n) is 2.57. The molecule has 0 saturated carbocycles. The lowest BCUT2D eigenvalue weighted by Gasteiger charge is -2.01. The van der Waals surface area contributed by atoms with Gasteiger partial charge in [-0.3, -0.25) is 0 Å². The van der Waals surface area contributed by atoms with E-state index in [4.69, 9.17) is 4.74 Å². The molecule has 0 aliphatic rings. The molecular formula is C13H14BrFN2OS. The van der Waals surface area contributed by atoms with E-state index in [1.54, 1.807) is 13.2 Å². The number of hydrogen-bond donors (Lipinski definition) is 1. The second-order valence-corrected chi connectivity index (χ2v) is 5.89. The Hall–Kier alpha value is -0.820. The average Bonchev–Trinajstić information content (AvgIpc) is 2.73. The van der Waals surface area contributed by atoms with Gasteiger partial charge in [-0.1, -0.05) is 6.07 Å². The highest BCUT2D eigenvalue weighted by Crippen LogP contribution is 2.35. The minimum Gasteiger partial charge on any atom is -0.378 e. The zero-order valence-corrected chi connectivity index (χ0v) is 13.1. The van der Waals surface area contributed by atoms with E-state index in [1.807, 2.05) is 13.1 Å². The van der Waals surface area contributed by atoms with E-state index in [0.29, 0.717) is 28.2 Å². The van der Waals surface area contributed by atoms with Crippen LogP contribution in [0.3, 0.4) is 0 Å². The maximum absolute atomic E-state index is 13.9. The average molecular weight is 345 g/mol. The minimum atomic E-state index is -0.275. The summed E-state index contributed by atoms with van der Waals surface area (Å²) in [5.41, 5.74) is 1.36. The summed E-state index contributed by atoms with van der Waals surface area (Å²) < 4.78 is 19.8. The van der Waals surface area contributed by atoms with Gasteiger partial charge in [-0.05, 0) is 35.1 Å². The van der Waals surface area contributed by atoms with Crippen molar-refractivity contribution in [1.29, 1.82) is 0 Å². The van der Waals surface area contributed by atoms with Gasteiger partial charge in [0, 0.05) is 23.0 Å². The van der Waals surface area contributed by atoms with Crippen LogP contribution < -0.4 is 5.32 Å². The zero-order chi connectivity index (χ0) is 13.8. The zero-order valence-electron chi connectivity index (χ0n) is 10.7. The number of ether oxygens (including phenoxy) is 1. The Morgan fingerprint density at radius 1 is 1.47 bits per heavy atom. The van der Waals surface area contributed by atoms with Crippen molar-refractivity contribution in [3.63, 3.8) is 0 Å². The Bertz CT molecular complexity index is 530. The Morgan fingerprint density at radius 3 is 2.89 bits per heavy atom. The lowest BCUT2D eigenvalue weighted by molar-refractivity contribution is 0.181. The summed E-state index contributed by atoms with van der Waals surface area (Å²) in [6.45, 7) is 1.13.